The molecule has 26 heavy (non-hydrogen) atoms. The summed E-state index contributed by atoms with van der Waals surface area (Å²) in [7, 11) is 1.72. The third-order valence-corrected chi connectivity index (χ3v) is 4.25. The van der Waals surface area contributed by atoms with Gasteiger partial charge in [-0.3, -0.25) is 0 Å². The summed E-state index contributed by atoms with van der Waals surface area (Å²) in [6.07, 6.45) is 0.810. The van der Waals surface area contributed by atoms with E-state index < -0.39 is 12.1 Å². The number of hydrogen-bond donors (Lipinski definition) is 4. The van der Waals surface area contributed by atoms with Gasteiger partial charge in [0.05, 0.1) is 17.4 Å². The Morgan fingerprint density at radius 3 is 2.23 bits per heavy atom. The first-order valence-corrected chi connectivity index (χ1v) is 8.31. The lowest BCUT2D eigenvalue weighted by Crippen LogP contribution is -2.39. The first-order chi connectivity index (χ1) is 12.1. The van der Waals surface area contributed by atoms with Crippen LogP contribution in [-0.2, 0) is 0 Å². The molecule has 0 aromatic rings. The molecule has 8 heteroatoms. The number of halogens is 3. The van der Waals surface area contributed by atoms with Crippen LogP contribution in [0, 0.1) is 5.92 Å². The molecule has 1 saturated heterocycles. The molecule has 0 spiro atoms. The predicted octanol–water partition coefficient (Wildman–Crippen LogP) is 2.64. The highest BCUT2D eigenvalue weighted by atomic mass is 19.4. The summed E-state index contributed by atoms with van der Waals surface area (Å²) in [6.45, 7) is 9.72. The summed E-state index contributed by atoms with van der Waals surface area (Å²) in [5, 5.41) is 5.76. The normalized spacial score (nSPS) is 18.3. The molecule has 0 radical (unpaired) electrons. The van der Waals surface area contributed by atoms with Gasteiger partial charge in [-0.1, -0.05) is 19.2 Å². The lowest BCUT2D eigenvalue weighted by atomic mass is 9.95. The van der Waals surface area contributed by atoms with E-state index in [9.17, 15) is 13.2 Å². The minimum atomic E-state index is -4.15. The zero-order valence-corrected chi connectivity index (χ0v) is 15.3. The van der Waals surface area contributed by atoms with Crippen LogP contribution in [0.4, 0.5) is 13.2 Å². The molecule has 0 saturated carbocycles. The molecule has 146 valence electrons. The molecule has 0 aromatic heterocycles. The van der Waals surface area contributed by atoms with Crippen molar-refractivity contribution in [2.75, 3.05) is 20.1 Å². The second-order valence-corrected chi connectivity index (χ2v) is 6.15. The molecule has 0 atom stereocenters. The Kier molecular flexibility index (Phi) is 7.67. The van der Waals surface area contributed by atoms with Crippen LogP contribution in [-0.4, -0.2) is 31.2 Å². The van der Waals surface area contributed by atoms with Gasteiger partial charge >= 0.3 is 6.18 Å². The number of nitrogens with two attached hydrogens (primary N) is 2. The zero-order valence-electron chi connectivity index (χ0n) is 15.3. The molecular formula is C18H28F3N5. The van der Waals surface area contributed by atoms with Gasteiger partial charge in [0.2, 0.25) is 0 Å². The van der Waals surface area contributed by atoms with E-state index in [2.05, 4.69) is 23.8 Å². The van der Waals surface area contributed by atoms with E-state index in [-0.39, 0.29) is 25.9 Å². The van der Waals surface area contributed by atoms with E-state index in [1.54, 1.807) is 32.3 Å². The predicted molar refractivity (Wildman–Crippen MR) is 99.1 cm³/mol. The third kappa shape index (κ3) is 6.09. The molecule has 0 unspecified atom stereocenters. The van der Waals surface area contributed by atoms with Gasteiger partial charge in [0.15, 0.2) is 0 Å². The summed E-state index contributed by atoms with van der Waals surface area (Å²) in [5.41, 5.74) is 14.2. The Morgan fingerprint density at radius 2 is 1.81 bits per heavy atom. The van der Waals surface area contributed by atoms with Crippen LogP contribution in [0.2, 0.25) is 0 Å². The van der Waals surface area contributed by atoms with Crippen molar-refractivity contribution in [3.63, 3.8) is 0 Å². The smallest absolute Gasteiger partial charge is 0.391 e. The van der Waals surface area contributed by atoms with E-state index in [0.29, 0.717) is 28.5 Å². The number of piperidine rings is 1. The second kappa shape index (κ2) is 9.26. The summed E-state index contributed by atoms with van der Waals surface area (Å²) < 4.78 is 38.5. The molecule has 1 heterocycles. The van der Waals surface area contributed by atoms with Gasteiger partial charge in [0, 0.05) is 43.3 Å². The second-order valence-electron chi connectivity index (χ2n) is 6.15. The number of nitrogens with zero attached hydrogens (tertiary/aromatic N) is 1. The third-order valence-electron chi connectivity index (χ3n) is 4.25. The molecule has 0 aromatic carbocycles. The van der Waals surface area contributed by atoms with Crippen LogP contribution in [0.3, 0.4) is 0 Å². The Labute approximate surface area is 153 Å². The van der Waals surface area contributed by atoms with Gasteiger partial charge in [0.25, 0.3) is 0 Å². The number of rotatable bonds is 7. The number of allylic oxidation sites excluding steroid dienone is 3. The lowest BCUT2D eigenvalue weighted by molar-refractivity contribution is -0.184. The molecule has 5 nitrogen and oxygen atoms in total. The standard InChI is InChI=1S/C18H28F3N5/c1-5-14(11-25-13(3)24-4)16(23)10-17(12(2)22)26-8-6-15(7-9-26)18(19,20)21/h5,10-11,15,24-25H,1,3,6-9,22-23H2,2,4H3/b14-11+,16-10-,17-12?. The Balaban J connectivity index is 2.94. The minimum Gasteiger partial charge on any atom is -0.401 e. The quantitative estimate of drug-likeness (QED) is 0.518. The van der Waals surface area contributed by atoms with Gasteiger partial charge in [-0.2, -0.15) is 13.2 Å². The van der Waals surface area contributed by atoms with E-state index in [0.717, 1.165) is 0 Å². The highest BCUT2D eigenvalue weighted by Crippen LogP contribution is 2.35. The van der Waals surface area contributed by atoms with Crippen molar-refractivity contribution in [1.29, 1.82) is 0 Å². The van der Waals surface area contributed by atoms with Gasteiger partial charge in [-0.25, -0.2) is 0 Å². The summed E-state index contributed by atoms with van der Waals surface area (Å²) in [4.78, 5) is 1.84. The van der Waals surface area contributed by atoms with Crippen LogP contribution in [0.25, 0.3) is 0 Å². The fourth-order valence-electron chi connectivity index (χ4n) is 2.63. The van der Waals surface area contributed by atoms with Crippen LogP contribution in [0.15, 0.2) is 60.0 Å². The minimum absolute atomic E-state index is 0.0434. The summed E-state index contributed by atoms with van der Waals surface area (Å²) in [6, 6.07) is 0. The molecule has 1 fully saturated rings. The van der Waals surface area contributed by atoms with Gasteiger partial charge in [-0.15, -0.1) is 0 Å². The van der Waals surface area contributed by atoms with Crippen LogP contribution in [0.1, 0.15) is 19.8 Å². The fraction of sp³-hybridized carbons (Fsp3) is 0.444. The largest absolute Gasteiger partial charge is 0.401 e. The highest BCUT2D eigenvalue weighted by Gasteiger charge is 2.41. The maximum absolute atomic E-state index is 12.8. The molecule has 1 aliphatic rings. The van der Waals surface area contributed by atoms with Crippen molar-refractivity contribution in [2.24, 2.45) is 17.4 Å². The van der Waals surface area contributed by atoms with Crippen molar-refractivity contribution in [3.8, 4) is 0 Å². The molecule has 1 rings (SSSR count). The summed E-state index contributed by atoms with van der Waals surface area (Å²) in [5.74, 6) is -0.683. The van der Waals surface area contributed by atoms with Crippen LogP contribution < -0.4 is 22.1 Å². The number of nitrogens with one attached hydrogen (secondary N) is 2. The Morgan fingerprint density at radius 1 is 1.23 bits per heavy atom. The van der Waals surface area contributed by atoms with Crippen LogP contribution >= 0.6 is 0 Å². The van der Waals surface area contributed by atoms with E-state index in [4.69, 9.17) is 11.5 Å². The van der Waals surface area contributed by atoms with E-state index in [1.807, 2.05) is 4.90 Å². The fourth-order valence-corrected chi connectivity index (χ4v) is 2.63. The molecule has 0 aliphatic carbocycles. The first kappa shape index (κ1) is 21.5. The van der Waals surface area contributed by atoms with Crippen LogP contribution in [0.5, 0.6) is 0 Å². The Bertz CT molecular complexity index is 605. The molecule has 1 aliphatic heterocycles. The number of likely N-dealkylation sites (tertiary alicyclic amines) is 1. The Hall–Kier alpha value is -2.51. The van der Waals surface area contributed by atoms with Crippen molar-refractivity contribution in [3.05, 3.63) is 60.0 Å². The first-order valence-electron chi connectivity index (χ1n) is 8.31. The SMILES string of the molecule is C=CC(=C\NC(=C)NC)/C(N)=C/C(=C(C)N)N1CCC(C(F)(F)F)CC1. The monoisotopic (exact) mass is 371 g/mol. The molecule has 0 amide bonds. The van der Waals surface area contributed by atoms with E-state index in [1.165, 1.54) is 0 Å². The van der Waals surface area contributed by atoms with Gasteiger partial charge < -0.3 is 27.0 Å². The molecular weight excluding hydrogens is 343 g/mol. The maximum Gasteiger partial charge on any atom is 0.391 e. The summed E-state index contributed by atoms with van der Waals surface area (Å²) >= 11 is 0. The maximum atomic E-state index is 12.8. The number of hydrogen-bond acceptors (Lipinski definition) is 5. The number of alkyl halides is 3. The molecule has 6 N–H and O–H groups in total. The lowest BCUT2D eigenvalue weighted by Gasteiger charge is -2.35. The van der Waals surface area contributed by atoms with Crippen molar-refractivity contribution < 1.29 is 13.2 Å². The zero-order chi connectivity index (χ0) is 19.9. The molecule has 0 bridgehead atoms. The highest BCUT2D eigenvalue weighted by molar-refractivity contribution is 5.41. The van der Waals surface area contributed by atoms with Crippen molar-refractivity contribution >= 4 is 0 Å². The van der Waals surface area contributed by atoms with E-state index >= 15 is 0 Å². The average Bonchev–Trinajstić information content (AvgIpc) is 2.59. The van der Waals surface area contributed by atoms with Gasteiger partial charge in [0.1, 0.15) is 0 Å². The average molecular weight is 371 g/mol. The van der Waals surface area contributed by atoms with Crippen molar-refractivity contribution in [2.45, 2.75) is 25.9 Å². The van der Waals surface area contributed by atoms with Crippen molar-refractivity contribution in [1.82, 2.24) is 15.5 Å². The van der Waals surface area contributed by atoms with Gasteiger partial charge in [-0.05, 0) is 25.8 Å². The topological polar surface area (TPSA) is 79.3 Å².